The Morgan fingerprint density at radius 3 is 3.00 bits per heavy atom. The lowest BCUT2D eigenvalue weighted by molar-refractivity contribution is -0.117. The zero-order valence-corrected chi connectivity index (χ0v) is 11.2. The lowest BCUT2D eigenvalue weighted by Gasteiger charge is -2.14. The Kier molecular flexibility index (Phi) is 4.80. The van der Waals surface area contributed by atoms with Crippen molar-refractivity contribution in [2.75, 3.05) is 19.0 Å². The molecule has 3 N–H and O–H groups in total. The smallest absolute Gasteiger partial charge is 0.241 e. The third-order valence-electron chi connectivity index (χ3n) is 2.80. The summed E-state index contributed by atoms with van der Waals surface area (Å²) in [5, 5.41) is 6.85. The highest BCUT2D eigenvalue weighted by Crippen LogP contribution is 2.18. The average Bonchev–Trinajstić information content (AvgIpc) is 2.99. The van der Waals surface area contributed by atoms with Crippen LogP contribution in [-0.4, -0.2) is 40.4 Å². The number of carbonyl (C=O) groups is 1. The van der Waals surface area contributed by atoms with Crippen LogP contribution in [0.25, 0.3) is 5.69 Å². The van der Waals surface area contributed by atoms with Crippen molar-refractivity contribution in [1.82, 2.24) is 14.8 Å². The van der Waals surface area contributed by atoms with Crippen LogP contribution in [0.1, 0.15) is 6.42 Å². The summed E-state index contributed by atoms with van der Waals surface area (Å²) in [6, 6.07) is 6.70. The van der Waals surface area contributed by atoms with E-state index in [2.05, 4.69) is 15.4 Å². The highest BCUT2D eigenvalue weighted by Gasteiger charge is 2.15. The van der Waals surface area contributed by atoms with Gasteiger partial charge in [-0.05, 0) is 18.6 Å². The minimum atomic E-state index is -0.612. The Hall–Kier alpha value is -2.25. The molecule has 1 unspecified atom stereocenters. The van der Waals surface area contributed by atoms with Gasteiger partial charge in [0.2, 0.25) is 5.91 Å². The van der Waals surface area contributed by atoms with E-state index < -0.39 is 6.04 Å². The van der Waals surface area contributed by atoms with Gasteiger partial charge < -0.3 is 15.8 Å². The second-order valence-corrected chi connectivity index (χ2v) is 4.23. The predicted molar refractivity (Wildman–Crippen MR) is 74.5 cm³/mol. The summed E-state index contributed by atoms with van der Waals surface area (Å²) < 4.78 is 6.49. The van der Waals surface area contributed by atoms with E-state index in [0.717, 1.165) is 5.69 Å². The van der Waals surface area contributed by atoms with Crippen LogP contribution >= 0.6 is 0 Å². The maximum absolute atomic E-state index is 12.0. The van der Waals surface area contributed by atoms with Gasteiger partial charge in [0.1, 0.15) is 12.7 Å². The van der Waals surface area contributed by atoms with E-state index in [4.69, 9.17) is 10.5 Å². The molecule has 7 nitrogen and oxygen atoms in total. The Bertz CT molecular complexity index is 556. The van der Waals surface area contributed by atoms with Crippen molar-refractivity contribution in [2.24, 2.45) is 5.73 Å². The van der Waals surface area contributed by atoms with E-state index in [1.54, 1.807) is 24.2 Å². The van der Waals surface area contributed by atoms with Crippen molar-refractivity contribution in [3.05, 3.63) is 36.9 Å². The number of nitrogens with one attached hydrogen (secondary N) is 1. The molecule has 0 spiro atoms. The van der Waals surface area contributed by atoms with E-state index in [-0.39, 0.29) is 5.91 Å². The number of para-hydroxylation sites is 2. The number of hydrogen-bond acceptors (Lipinski definition) is 5. The molecule has 2 aromatic rings. The van der Waals surface area contributed by atoms with Crippen molar-refractivity contribution >= 4 is 11.6 Å². The molecule has 0 aliphatic carbocycles. The maximum atomic E-state index is 12.0. The topological polar surface area (TPSA) is 95.1 Å². The van der Waals surface area contributed by atoms with Crippen molar-refractivity contribution in [1.29, 1.82) is 0 Å². The molecule has 0 bridgehead atoms. The third-order valence-corrected chi connectivity index (χ3v) is 2.80. The second-order valence-electron chi connectivity index (χ2n) is 4.23. The molecule has 0 aliphatic rings. The van der Waals surface area contributed by atoms with E-state index in [1.807, 2.05) is 18.2 Å². The zero-order chi connectivity index (χ0) is 14.4. The SMILES string of the molecule is COCCC(N)C(=O)Nc1ccccc1-n1cncn1. The van der Waals surface area contributed by atoms with Gasteiger partial charge in [-0.2, -0.15) is 5.10 Å². The number of amides is 1. The van der Waals surface area contributed by atoms with Gasteiger partial charge in [0, 0.05) is 13.7 Å². The average molecular weight is 275 g/mol. The summed E-state index contributed by atoms with van der Waals surface area (Å²) in [6.45, 7) is 0.444. The molecule has 1 heterocycles. The van der Waals surface area contributed by atoms with Gasteiger partial charge in [0.15, 0.2) is 0 Å². The lowest BCUT2D eigenvalue weighted by Crippen LogP contribution is -2.36. The predicted octanol–water partition coefficient (Wildman–Crippen LogP) is 0.570. The molecule has 106 valence electrons. The monoisotopic (exact) mass is 275 g/mol. The minimum Gasteiger partial charge on any atom is -0.385 e. The highest BCUT2D eigenvalue weighted by molar-refractivity contribution is 5.96. The molecule has 0 aliphatic heterocycles. The first-order valence-electron chi connectivity index (χ1n) is 6.22. The first-order valence-corrected chi connectivity index (χ1v) is 6.22. The normalized spacial score (nSPS) is 12.1. The van der Waals surface area contributed by atoms with Crippen molar-refractivity contribution in [2.45, 2.75) is 12.5 Å². The Balaban J connectivity index is 2.12. The molecule has 20 heavy (non-hydrogen) atoms. The van der Waals surface area contributed by atoms with Gasteiger partial charge in [-0.1, -0.05) is 12.1 Å². The van der Waals surface area contributed by atoms with Gasteiger partial charge in [-0.15, -0.1) is 0 Å². The number of nitrogens with two attached hydrogens (primary N) is 1. The molecule has 7 heteroatoms. The standard InChI is InChI=1S/C13H17N5O2/c1-20-7-6-10(14)13(19)17-11-4-2-3-5-12(11)18-9-15-8-16-18/h2-5,8-10H,6-7,14H2,1H3,(H,17,19). The molecule has 1 atom stereocenters. The lowest BCUT2D eigenvalue weighted by atomic mass is 10.2. The second kappa shape index (κ2) is 6.78. The number of ether oxygens (including phenoxy) is 1. The fraction of sp³-hybridized carbons (Fsp3) is 0.308. The summed E-state index contributed by atoms with van der Waals surface area (Å²) in [4.78, 5) is 15.9. The van der Waals surface area contributed by atoms with Gasteiger partial charge >= 0.3 is 0 Å². The fourth-order valence-corrected chi connectivity index (χ4v) is 1.71. The minimum absolute atomic E-state index is 0.255. The molecule has 1 amide bonds. The van der Waals surface area contributed by atoms with Crippen LogP contribution < -0.4 is 11.1 Å². The molecular formula is C13H17N5O2. The van der Waals surface area contributed by atoms with Crippen molar-refractivity contribution in [3.8, 4) is 5.69 Å². The van der Waals surface area contributed by atoms with E-state index >= 15 is 0 Å². The molecule has 0 fully saturated rings. The van der Waals surface area contributed by atoms with E-state index in [1.165, 1.54) is 6.33 Å². The van der Waals surface area contributed by atoms with Gasteiger partial charge in [0.05, 0.1) is 17.4 Å². The number of aromatic nitrogens is 3. The summed E-state index contributed by atoms with van der Waals surface area (Å²) in [5.74, 6) is -0.255. The van der Waals surface area contributed by atoms with Gasteiger partial charge in [-0.25, -0.2) is 9.67 Å². The van der Waals surface area contributed by atoms with Crippen LogP contribution in [0.5, 0.6) is 0 Å². The number of nitrogens with zero attached hydrogens (tertiary/aromatic N) is 3. The first kappa shape index (κ1) is 14.2. The Morgan fingerprint density at radius 2 is 2.30 bits per heavy atom. The molecule has 1 aromatic heterocycles. The summed E-state index contributed by atoms with van der Waals surface area (Å²) in [7, 11) is 1.57. The van der Waals surface area contributed by atoms with E-state index in [9.17, 15) is 4.79 Å². The quantitative estimate of drug-likeness (QED) is 0.803. The molecular weight excluding hydrogens is 258 g/mol. The van der Waals surface area contributed by atoms with Crippen LogP contribution in [0, 0.1) is 0 Å². The Morgan fingerprint density at radius 1 is 1.50 bits per heavy atom. The van der Waals surface area contributed by atoms with Crippen molar-refractivity contribution < 1.29 is 9.53 Å². The van der Waals surface area contributed by atoms with Crippen LogP contribution in [0.4, 0.5) is 5.69 Å². The number of anilines is 1. The molecule has 2 rings (SSSR count). The summed E-state index contributed by atoms with van der Waals surface area (Å²) >= 11 is 0. The van der Waals surface area contributed by atoms with Gasteiger partial charge in [0.25, 0.3) is 0 Å². The number of carbonyl (C=O) groups excluding carboxylic acids is 1. The Labute approximate surface area is 116 Å². The van der Waals surface area contributed by atoms with Crippen molar-refractivity contribution in [3.63, 3.8) is 0 Å². The number of hydrogen-bond donors (Lipinski definition) is 2. The van der Waals surface area contributed by atoms with Crippen LogP contribution in [-0.2, 0) is 9.53 Å². The van der Waals surface area contributed by atoms with E-state index in [0.29, 0.717) is 18.7 Å². The largest absolute Gasteiger partial charge is 0.385 e. The number of methoxy groups -OCH3 is 1. The molecule has 0 saturated heterocycles. The number of rotatable bonds is 6. The summed E-state index contributed by atoms with van der Waals surface area (Å²) in [5.41, 5.74) is 7.16. The molecule has 0 saturated carbocycles. The fourth-order valence-electron chi connectivity index (χ4n) is 1.71. The molecule has 1 aromatic carbocycles. The zero-order valence-electron chi connectivity index (χ0n) is 11.2. The summed E-state index contributed by atoms with van der Waals surface area (Å²) in [6.07, 6.45) is 3.46. The third kappa shape index (κ3) is 3.40. The van der Waals surface area contributed by atoms with Crippen LogP contribution in [0.3, 0.4) is 0 Å². The van der Waals surface area contributed by atoms with Crippen LogP contribution in [0.2, 0.25) is 0 Å². The van der Waals surface area contributed by atoms with Gasteiger partial charge in [-0.3, -0.25) is 4.79 Å². The first-order chi connectivity index (χ1) is 9.72. The van der Waals surface area contributed by atoms with Crippen LogP contribution in [0.15, 0.2) is 36.9 Å². The maximum Gasteiger partial charge on any atom is 0.241 e. The number of benzene rings is 1. The molecule has 0 radical (unpaired) electrons. The highest BCUT2D eigenvalue weighted by atomic mass is 16.5.